The predicted molar refractivity (Wildman–Crippen MR) is 61.5 cm³/mol. The maximum Gasteiger partial charge on any atom is 0.246 e. The van der Waals surface area contributed by atoms with Crippen molar-refractivity contribution < 1.29 is 9.59 Å². The fourth-order valence-electron chi connectivity index (χ4n) is 1.87. The van der Waals surface area contributed by atoms with Gasteiger partial charge in [0.15, 0.2) is 0 Å². The number of hydrogen-bond acceptors (Lipinski definition) is 2. The highest BCUT2D eigenvalue weighted by Crippen LogP contribution is 2.12. The lowest BCUT2D eigenvalue weighted by Gasteiger charge is -2.28. The molecule has 0 radical (unpaired) electrons. The van der Waals surface area contributed by atoms with E-state index < -0.39 is 6.04 Å². The molecule has 2 unspecified atom stereocenters. The molecule has 0 aromatic heterocycles. The van der Waals surface area contributed by atoms with Crippen molar-refractivity contribution in [1.29, 1.82) is 0 Å². The molecule has 1 N–H and O–H groups in total. The SMILES string of the molecule is C#CC(CC)N1CCC(=O)NC(CC)C1=O. The molecular weight excluding hydrogens is 204 g/mol. The van der Waals surface area contributed by atoms with E-state index in [0.717, 1.165) is 0 Å². The number of carbonyl (C=O) groups excluding carboxylic acids is 2. The van der Waals surface area contributed by atoms with Crippen LogP contribution >= 0.6 is 0 Å². The predicted octanol–water partition coefficient (Wildman–Crippen LogP) is 0.525. The molecule has 4 nitrogen and oxygen atoms in total. The van der Waals surface area contributed by atoms with Crippen molar-refractivity contribution >= 4 is 11.8 Å². The van der Waals surface area contributed by atoms with Crippen LogP contribution in [0.3, 0.4) is 0 Å². The zero-order valence-corrected chi connectivity index (χ0v) is 9.82. The minimum Gasteiger partial charge on any atom is -0.344 e. The van der Waals surface area contributed by atoms with Gasteiger partial charge in [-0.3, -0.25) is 9.59 Å². The molecule has 1 rings (SSSR count). The number of nitrogens with zero attached hydrogens (tertiary/aromatic N) is 1. The molecule has 1 aliphatic rings. The molecule has 1 aliphatic heterocycles. The van der Waals surface area contributed by atoms with Gasteiger partial charge in [-0.05, 0) is 12.8 Å². The molecule has 2 atom stereocenters. The van der Waals surface area contributed by atoms with Crippen LogP contribution in [-0.2, 0) is 9.59 Å². The fourth-order valence-corrected chi connectivity index (χ4v) is 1.87. The van der Waals surface area contributed by atoms with Crippen molar-refractivity contribution in [3.05, 3.63) is 0 Å². The van der Waals surface area contributed by atoms with Gasteiger partial charge in [-0.1, -0.05) is 19.8 Å². The summed E-state index contributed by atoms with van der Waals surface area (Å²) in [5, 5.41) is 2.71. The lowest BCUT2D eigenvalue weighted by atomic mass is 10.1. The largest absolute Gasteiger partial charge is 0.344 e. The normalized spacial score (nSPS) is 23.3. The Balaban J connectivity index is 2.88. The van der Waals surface area contributed by atoms with Crippen LogP contribution in [0.5, 0.6) is 0 Å². The Morgan fingerprint density at radius 3 is 2.75 bits per heavy atom. The highest BCUT2D eigenvalue weighted by molar-refractivity contribution is 5.90. The van der Waals surface area contributed by atoms with Gasteiger partial charge >= 0.3 is 0 Å². The lowest BCUT2D eigenvalue weighted by molar-refractivity contribution is -0.134. The van der Waals surface area contributed by atoms with E-state index in [1.165, 1.54) is 0 Å². The molecule has 1 saturated heterocycles. The first-order valence-electron chi connectivity index (χ1n) is 5.70. The van der Waals surface area contributed by atoms with Crippen molar-refractivity contribution in [2.45, 2.75) is 45.2 Å². The van der Waals surface area contributed by atoms with E-state index in [0.29, 0.717) is 25.8 Å². The first-order chi connectivity index (χ1) is 7.63. The second kappa shape index (κ2) is 5.55. The van der Waals surface area contributed by atoms with Gasteiger partial charge in [0.2, 0.25) is 11.8 Å². The Kier molecular flexibility index (Phi) is 4.36. The van der Waals surface area contributed by atoms with E-state index in [2.05, 4.69) is 11.2 Å². The number of terminal acetylenes is 1. The quantitative estimate of drug-likeness (QED) is 0.708. The fraction of sp³-hybridized carbons (Fsp3) is 0.667. The molecule has 4 heteroatoms. The average Bonchev–Trinajstić information content (AvgIpc) is 2.43. The van der Waals surface area contributed by atoms with Crippen LogP contribution in [0.2, 0.25) is 0 Å². The van der Waals surface area contributed by atoms with Crippen LogP contribution in [0.1, 0.15) is 33.1 Å². The summed E-state index contributed by atoms with van der Waals surface area (Å²) in [5.74, 6) is 2.47. The molecular formula is C12H18N2O2. The Morgan fingerprint density at radius 1 is 1.56 bits per heavy atom. The van der Waals surface area contributed by atoms with Gasteiger partial charge in [-0.15, -0.1) is 6.42 Å². The van der Waals surface area contributed by atoms with E-state index in [1.54, 1.807) is 4.90 Å². The molecule has 1 fully saturated rings. The van der Waals surface area contributed by atoms with Gasteiger partial charge in [-0.2, -0.15) is 0 Å². The summed E-state index contributed by atoms with van der Waals surface area (Å²) >= 11 is 0. The van der Waals surface area contributed by atoms with Crippen LogP contribution < -0.4 is 5.32 Å². The topological polar surface area (TPSA) is 49.4 Å². The summed E-state index contributed by atoms with van der Waals surface area (Å²) in [7, 11) is 0. The molecule has 2 amide bonds. The third-order valence-electron chi connectivity index (χ3n) is 2.86. The van der Waals surface area contributed by atoms with Crippen molar-refractivity contribution in [2.24, 2.45) is 0 Å². The van der Waals surface area contributed by atoms with Gasteiger partial charge in [0.05, 0.1) is 6.04 Å². The van der Waals surface area contributed by atoms with E-state index in [4.69, 9.17) is 6.42 Å². The van der Waals surface area contributed by atoms with Gasteiger partial charge < -0.3 is 10.2 Å². The lowest BCUT2D eigenvalue weighted by Crippen LogP contribution is -2.47. The Labute approximate surface area is 96.4 Å². The van der Waals surface area contributed by atoms with Crippen molar-refractivity contribution in [3.63, 3.8) is 0 Å². The van der Waals surface area contributed by atoms with Crippen LogP contribution in [0.25, 0.3) is 0 Å². The highest BCUT2D eigenvalue weighted by atomic mass is 16.2. The number of carbonyl (C=O) groups is 2. The third kappa shape index (κ3) is 2.54. The maximum absolute atomic E-state index is 12.1. The molecule has 0 spiro atoms. The van der Waals surface area contributed by atoms with Crippen molar-refractivity contribution in [2.75, 3.05) is 6.54 Å². The van der Waals surface area contributed by atoms with E-state index in [9.17, 15) is 9.59 Å². The van der Waals surface area contributed by atoms with Crippen LogP contribution in [0.4, 0.5) is 0 Å². The number of nitrogens with one attached hydrogen (secondary N) is 1. The standard InChI is InChI=1S/C12H18N2O2/c1-4-9(5-2)14-8-7-11(15)13-10(6-3)12(14)16/h1,9-10H,5-8H2,2-3H3,(H,13,15). The Bertz CT molecular complexity index is 319. The van der Waals surface area contributed by atoms with E-state index >= 15 is 0 Å². The number of rotatable bonds is 3. The third-order valence-corrected chi connectivity index (χ3v) is 2.86. The Hall–Kier alpha value is -1.50. The summed E-state index contributed by atoms with van der Waals surface area (Å²) in [6, 6.07) is -0.619. The summed E-state index contributed by atoms with van der Waals surface area (Å²) in [4.78, 5) is 25.1. The molecule has 0 aromatic rings. The van der Waals surface area contributed by atoms with Gasteiger partial charge in [0.1, 0.15) is 6.04 Å². The van der Waals surface area contributed by atoms with E-state index in [1.807, 2.05) is 13.8 Å². The number of hydrogen-bond donors (Lipinski definition) is 1. The molecule has 0 saturated carbocycles. The highest BCUT2D eigenvalue weighted by Gasteiger charge is 2.31. The molecule has 88 valence electrons. The number of amides is 2. The van der Waals surface area contributed by atoms with Crippen molar-refractivity contribution in [3.8, 4) is 12.3 Å². The first kappa shape index (κ1) is 12.6. The summed E-state index contributed by atoms with van der Waals surface area (Å²) < 4.78 is 0. The second-order valence-electron chi connectivity index (χ2n) is 3.90. The minimum atomic E-state index is -0.419. The second-order valence-corrected chi connectivity index (χ2v) is 3.90. The van der Waals surface area contributed by atoms with Crippen LogP contribution in [-0.4, -0.2) is 35.3 Å². The van der Waals surface area contributed by atoms with Gasteiger partial charge in [0, 0.05) is 13.0 Å². The molecule has 16 heavy (non-hydrogen) atoms. The Morgan fingerprint density at radius 2 is 2.25 bits per heavy atom. The maximum atomic E-state index is 12.1. The van der Waals surface area contributed by atoms with Gasteiger partial charge in [-0.25, -0.2) is 0 Å². The minimum absolute atomic E-state index is 0.0573. The first-order valence-corrected chi connectivity index (χ1v) is 5.70. The molecule has 1 heterocycles. The smallest absolute Gasteiger partial charge is 0.246 e. The monoisotopic (exact) mass is 222 g/mol. The molecule has 0 aliphatic carbocycles. The zero-order valence-electron chi connectivity index (χ0n) is 9.82. The van der Waals surface area contributed by atoms with Gasteiger partial charge in [0.25, 0.3) is 0 Å². The summed E-state index contributed by atoms with van der Waals surface area (Å²) in [5.41, 5.74) is 0. The average molecular weight is 222 g/mol. The van der Waals surface area contributed by atoms with E-state index in [-0.39, 0.29) is 17.9 Å². The van der Waals surface area contributed by atoms with Crippen LogP contribution in [0, 0.1) is 12.3 Å². The van der Waals surface area contributed by atoms with Crippen LogP contribution in [0.15, 0.2) is 0 Å². The molecule has 0 aromatic carbocycles. The summed E-state index contributed by atoms with van der Waals surface area (Å²) in [6.07, 6.45) is 7.05. The summed E-state index contributed by atoms with van der Waals surface area (Å²) in [6.45, 7) is 4.24. The van der Waals surface area contributed by atoms with Crippen molar-refractivity contribution in [1.82, 2.24) is 10.2 Å². The molecule has 0 bridgehead atoms. The zero-order chi connectivity index (χ0) is 12.1.